The van der Waals surface area contributed by atoms with Crippen LogP contribution in [0.1, 0.15) is 0 Å². The normalized spacial score (nSPS) is 10.7. The van der Waals surface area contributed by atoms with Gasteiger partial charge < -0.3 is 0 Å². The molecule has 0 saturated carbocycles. The van der Waals surface area contributed by atoms with Gasteiger partial charge in [0.2, 0.25) is 0 Å². The predicted molar refractivity (Wildman–Crippen MR) is 86.5 cm³/mol. The average Bonchev–Trinajstić information content (AvgIpc) is 3.06. The van der Waals surface area contributed by atoms with E-state index < -0.39 is 11.2 Å². The molecule has 2 heterocycles. The maximum atomic E-state index is 12.3. The first-order chi connectivity index (χ1) is 11.1. The standard InChI is InChI=1S/C16H15N5O2/c1-3-9-20-14(10-15(22)19(2)16(20)23)21-11-13(17-18-21)12-7-5-4-6-8-12/h3-8,10-11H,1,9H2,2H3. The quantitative estimate of drug-likeness (QED) is 0.673. The summed E-state index contributed by atoms with van der Waals surface area (Å²) in [6.07, 6.45) is 3.27. The second-order valence-corrected chi connectivity index (χ2v) is 5.00. The van der Waals surface area contributed by atoms with E-state index in [1.54, 1.807) is 12.3 Å². The number of allylic oxidation sites excluding steroid dienone is 1. The molecular weight excluding hydrogens is 294 g/mol. The molecule has 23 heavy (non-hydrogen) atoms. The van der Waals surface area contributed by atoms with Crippen LogP contribution in [0.25, 0.3) is 17.1 Å². The summed E-state index contributed by atoms with van der Waals surface area (Å²) in [5, 5.41) is 8.15. The van der Waals surface area contributed by atoms with Crippen molar-refractivity contribution in [3.63, 3.8) is 0 Å². The Morgan fingerprint density at radius 1 is 1.22 bits per heavy atom. The zero-order chi connectivity index (χ0) is 16.4. The molecule has 0 N–H and O–H groups in total. The van der Waals surface area contributed by atoms with Gasteiger partial charge >= 0.3 is 5.69 Å². The van der Waals surface area contributed by atoms with Gasteiger partial charge in [0.25, 0.3) is 5.56 Å². The zero-order valence-corrected chi connectivity index (χ0v) is 12.6. The highest BCUT2D eigenvalue weighted by Crippen LogP contribution is 2.16. The van der Waals surface area contributed by atoms with E-state index in [4.69, 9.17) is 0 Å². The molecule has 0 saturated heterocycles. The van der Waals surface area contributed by atoms with E-state index >= 15 is 0 Å². The minimum atomic E-state index is -0.427. The van der Waals surface area contributed by atoms with Crippen molar-refractivity contribution in [1.82, 2.24) is 24.1 Å². The molecule has 0 aliphatic heterocycles. The first-order valence-electron chi connectivity index (χ1n) is 7.01. The Morgan fingerprint density at radius 2 is 1.96 bits per heavy atom. The molecule has 0 unspecified atom stereocenters. The van der Waals surface area contributed by atoms with E-state index in [-0.39, 0.29) is 6.54 Å². The second-order valence-electron chi connectivity index (χ2n) is 5.00. The van der Waals surface area contributed by atoms with Crippen LogP contribution >= 0.6 is 0 Å². The summed E-state index contributed by atoms with van der Waals surface area (Å²) in [5.41, 5.74) is 0.732. The zero-order valence-electron chi connectivity index (χ0n) is 12.6. The predicted octanol–water partition coefficient (Wildman–Crippen LogP) is 0.981. The van der Waals surface area contributed by atoms with Gasteiger partial charge in [0, 0.05) is 25.2 Å². The fourth-order valence-corrected chi connectivity index (χ4v) is 2.27. The van der Waals surface area contributed by atoms with Crippen LogP contribution in [0.3, 0.4) is 0 Å². The van der Waals surface area contributed by atoms with Crippen molar-refractivity contribution in [2.24, 2.45) is 7.05 Å². The van der Waals surface area contributed by atoms with Gasteiger partial charge in [-0.1, -0.05) is 41.6 Å². The Labute approximate surface area is 131 Å². The fourth-order valence-electron chi connectivity index (χ4n) is 2.27. The third-order valence-corrected chi connectivity index (χ3v) is 3.49. The molecule has 0 radical (unpaired) electrons. The summed E-state index contributed by atoms with van der Waals surface area (Å²) in [6, 6.07) is 10.9. The molecule has 0 fully saturated rings. The van der Waals surface area contributed by atoms with Crippen LogP contribution in [-0.4, -0.2) is 24.1 Å². The molecule has 3 aromatic rings. The lowest BCUT2D eigenvalue weighted by molar-refractivity contribution is 0.612. The largest absolute Gasteiger partial charge is 0.332 e. The van der Waals surface area contributed by atoms with Crippen LogP contribution in [0.4, 0.5) is 0 Å². The lowest BCUT2D eigenvalue weighted by Gasteiger charge is -2.11. The Kier molecular flexibility index (Phi) is 3.76. The Balaban J connectivity index is 2.16. The summed E-state index contributed by atoms with van der Waals surface area (Å²) in [4.78, 5) is 24.2. The van der Waals surface area contributed by atoms with Crippen molar-refractivity contribution < 1.29 is 0 Å². The highest BCUT2D eigenvalue weighted by Gasteiger charge is 2.12. The van der Waals surface area contributed by atoms with Gasteiger partial charge in [0.15, 0.2) is 0 Å². The molecule has 0 bridgehead atoms. The lowest BCUT2D eigenvalue weighted by Crippen LogP contribution is -2.39. The van der Waals surface area contributed by atoms with Crippen LogP contribution in [0.15, 0.2) is 64.8 Å². The van der Waals surface area contributed by atoms with Crippen molar-refractivity contribution >= 4 is 0 Å². The summed E-state index contributed by atoms with van der Waals surface area (Å²) in [7, 11) is 1.44. The third kappa shape index (κ3) is 2.64. The molecule has 0 amide bonds. The van der Waals surface area contributed by atoms with E-state index in [1.165, 1.54) is 22.4 Å². The molecule has 7 nitrogen and oxygen atoms in total. The molecule has 7 heteroatoms. The topological polar surface area (TPSA) is 74.7 Å². The summed E-state index contributed by atoms with van der Waals surface area (Å²) in [5.74, 6) is 0.354. The number of hydrogen-bond donors (Lipinski definition) is 0. The fraction of sp³-hybridized carbons (Fsp3) is 0.125. The van der Waals surface area contributed by atoms with E-state index in [9.17, 15) is 9.59 Å². The van der Waals surface area contributed by atoms with Crippen LogP contribution in [0, 0.1) is 0 Å². The first kappa shape index (κ1) is 14.7. The van der Waals surface area contributed by atoms with Gasteiger partial charge in [0.1, 0.15) is 11.5 Å². The molecular formula is C16H15N5O2. The van der Waals surface area contributed by atoms with E-state index in [0.717, 1.165) is 10.1 Å². The lowest BCUT2D eigenvalue weighted by atomic mass is 10.2. The Morgan fingerprint density at radius 3 is 2.65 bits per heavy atom. The third-order valence-electron chi connectivity index (χ3n) is 3.49. The van der Waals surface area contributed by atoms with E-state index in [2.05, 4.69) is 16.9 Å². The van der Waals surface area contributed by atoms with Crippen molar-refractivity contribution in [3.8, 4) is 17.1 Å². The molecule has 1 aromatic carbocycles. The SMILES string of the molecule is C=CCn1c(-n2cc(-c3ccccc3)nn2)cc(=O)n(C)c1=O. The number of nitrogens with zero attached hydrogens (tertiary/aromatic N) is 5. The van der Waals surface area contributed by atoms with Gasteiger partial charge in [-0.05, 0) is 0 Å². The van der Waals surface area contributed by atoms with E-state index in [0.29, 0.717) is 11.5 Å². The summed E-state index contributed by atoms with van der Waals surface area (Å²) >= 11 is 0. The van der Waals surface area contributed by atoms with Crippen molar-refractivity contribution in [2.75, 3.05) is 0 Å². The molecule has 116 valence electrons. The van der Waals surface area contributed by atoms with Crippen LogP contribution in [0.2, 0.25) is 0 Å². The van der Waals surface area contributed by atoms with Crippen LogP contribution < -0.4 is 11.2 Å². The maximum Gasteiger partial charge on any atom is 0.332 e. The Bertz CT molecular complexity index is 966. The number of rotatable bonds is 4. The van der Waals surface area contributed by atoms with Gasteiger partial charge in [-0.3, -0.25) is 13.9 Å². The minimum Gasteiger partial charge on any atom is -0.274 e. The van der Waals surface area contributed by atoms with E-state index in [1.807, 2.05) is 30.3 Å². The van der Waals surface area contributed by atoms with Crippen molar-refractivity contribution in [1.29, 1.82) is 0 Å². The van der Waals surface area contributed by atoms with Crippen LogP contribution in [-0.2, 0) is 13.6 Å². The molecule has 0 atom stereocenters. The highest BCUT2D eigenvalue weighted by atomic mass is 16.2. The van der Waals surface area contributed by atoms with Crippen LogP contribution in [0.5, 0.6) is 0 Å². The van der Waals surface area contributed by atoms with Crippen molar-refractivity contribution in [3.05, 3.63) is 76.1 Å². The van der Waals surface area contributed by atoms with Gasteiger partial charge in [0.05, 0.1) is 6.20 Å². The molecule has 0 aliphatic carbocycles. The molecule has 0 spiro atoms. The number of aromatic nitrogens is 5. The van der Waals surface area contributed by atoms with Gasteiger partial charge in [-0.25, -0.2) is 9.48 Å². The van der Waals surface area contributed by atoms with Gasteiger partial charge in [-0.2, -0.15) is 0 Å². The highest BCUT2D eigenvalue weighted by molar-refractivity contribution is 5.57. The second kappa shape index (κ2) is 5.88. The monoisotopic (exact) mass is 309 g/mol. The molecule has 0 aliphatic rings. The molecule has 2 aromatic heterocycles. The summed E-state index contributed by atoms with van der Waals surface area (Å²) < 4.78 is 3.88. The Hall–Kier alpha value is -3.22. The molecule has 3 rings (SSSR count). The average molecular weight is 309 g/mol. The number of hydrogen-bond acceptors (Lipinski definition) is 4. The summed E-state index contributed by atoms with van der Waals surface area (Å²) in [6.45, 7) is 3.91. The smallest absolute Gasteiger partial charge is 0.274 e. The number of benzene rings is 1. The van der Waals surface area contributed by atoms with Crippen molar-refractivity contribution in [2.45, 2.75) is 6.54 Å². The first-order valence-corrected chi connectivity index (χ1v) is 7.01. The van der Waals surface area contributed by atoms with Gasteiger partial charge in [-0.15, -0.1) is 11.7 Å². The minimum absolute atomic E-state index is 0.267. The maximum absolute atomic E-state index is 12.3.